The van der Waals surface area contributed by atoms with Crippen molar-refractivity contribution in [1.82, 2.24) is 20.9 Å². The zero-order valence-electron chi connectivity index (χ0n) is 22.9. The largest absolute Gasteiger partial charge is 0.467 e. The molecule has 0 spiro atoms. The molecule has 3 amide bonds. The number of H-pyrrole nitrogens is 1. The molecule has 10 nitrogen and oxygen atoms in total. The van der Waals surface area contributed by atoms with E-state index in [2.05, 4.69) is 27.0 Å². The van der Waals surface area contributed by atoms with Crippen LogP contribution in [0.1, 0.15) is 43.7 Å². The van der Waals surface area contributed by atoms with Crippen molar-refractivity contribution in [3.05, 3.63) is 59.7 Å². The van der Waals surface area contributed by atoms with Gasteiger partial charge in [-0.05, 0) is 74.0 Å². The SMILES string of the molecule is COC(=O)[C@@H]1C/C=C\Cc2ccc3[nH]c4ccc(cc4c3c2)CC(NC(C)=O)C(=O)N[C@H](CCCCN)C(=O)N1. The summed E-state index contributed by atoms with van der Waals surface area (Å²) in [5.41, 5.74) is 9.57. The number of aromatic nitrogens is 1. The quantitative estimate of drug-likeness (QED) is 0.181. The van der Waals surface area contributed by atoms with Crippen molar-refractivity contribution in [1.29, 1.82) is 0 Å². The number of nitrogens with one attached hydrogen (secondary N) is 4. The van der Waals surface area contributed by atoms with Gasteiger partial charge < -0.3 is 31.4 Å². The Morgan fingerprint density at radius 3 is 2.35 bits per heavy atom. The molecule has 4 bridgehead atoms. The second kappa shape index (κ2) is 13.3. The van der Waals surface area contributed by atoms with E-state index in [9.17, 15) is 19.2 Å². The molecule has 1 aromatic heterocycles. The number of rotatable bonds is 6. The van der Waals surface area contributed by atoms with Gasteiger partial charge in [0.05, 0.1) is 7.11 Å². The van der Waals surface area contributed by atoms with Gasteiger partial charge in [0.1, 0.15) is 18.1 Å². The van der Waals surface area contributed by atoms with Gasteiger partial charge in [-0.25, -0.2) is 4.79 Å². The predicted molar refractivity (Wildman–Crippen MR) is 153 cm³/mol. The molecule has 0 aliphatic carbocycles. The van der Waals surface area contributed by atoms with Crippen LogP contribution in [0.3, 0.4) is 0 Å². The molecule has 0 saturated heterocycles. The lowest BCUT2D eigenvalue weighted by Crippen LogP contribution is -2.56. The van der Waals surface area contributed by atoms with E-state index in [0.29, 0.717) is 32.2 Å². The van der Waals surface area contributed by atoms with E-state index >= 15 is 0 Å². The van der Waals surface area contributed by atoms with Crippen LogP contribution in [0.2, 0.25) is 0 Å². The van der Waals surface area contributed by atoms with Gasteiger partial charge >= 0.3 is 5.97 Å². The minimum atomic E-state index is -0.920. The van der Waals surface area contributed by atoms with Gasteiger partial charge in [0.25, 0.3) is 0 Å². The number of hydrogen-bond acceptors (Lipinski definition) is 6. The van der Waals surface area contributed by atoms with Gasteiger partial charge in [-0.15, -0.1) is 0 Å². The normalized spacial score (nSPS) is 21.1. The maximum atomic E-state index is 13.5. The first-order valence-electron chi connectivity index (χ1n) is 13.6. The zero-order chi connectivity index (χ0) is 28.6. The third-order valence-electron chi connectivity index (χ3n) is 7.14. The van der Waals surface area contributed by atoms with Crippen LogP contribution in [0.15, 0.2) is 48.6 Å². The average Bonchev–Trinajstić information content (AvgIpc) is 3.29. The fourth-order valence-corrected chi connectivity index (χ4v) is 5.05. The molecule has 6 N–H and O–H groups in total. The van der Waals surface area contributed by atoms with Crippen molar-refractivity contribution in [3.63, 3.8) is 0 Å². The first-order valence-corrected chi connectivity index (χ1v) is 13.6. The van der Waals surface area contributed by atoms with E-state index in [4.69, 9.17) is 10.5 Å². The lowest BCUT2D eigenvalue weighted by molar-refractivity contribution is -0.145. The van der Waals surface area contributed by atoms with E-state index in [-0.39, 0.29) is 18.7 Å². The van der Waals surface area contributed by atoms with Crippen molar-refractivity contribution < 1.29 is 23.9 Å². The number of fused-ring (bicyclic) bond motifs is 2. The molecule has 1 aliphatic heterocycles. The summed E-state index contributed by atoms with van der Waals surface area (Å²) in [5, 5.41) is 10.4. The highest BCUT2D eigenvalue weighted by atomic mass is 16.5. The number of carbonyl (C=O) groups excluding carboxylic acids is 4. The summed E-state index contributed by atoms with van der Waals surface area (Å²) < 4.78 is 4.92. The Morgan fingerprint density at radius 2 is 1.68 bits per heavy atom. The van der Waals surface area contributed by atoms with Crippen molar-refractivity contribution in [3.8, 4) is 0 Å². The van der Waals surface area contributed by atoms with Crippen LogP contribution in [0, 0.1) is 0 Å². The number of ether oxygens (including phenoxy) is 1. The Balaban J connectivity index is 1.74. The van der Waals surface area contributed by atoms with Gasteiger partial charge in [-0.1, -0.05) is 24.3 Å². The standard InChI is InChI=1S/C30H37N5O5/c1-18(36)32-27-17-20-11-13-24-22(16-20)21-15-19(10-12-23(21)33-24)7-3-4-9-26(30(39)40-2)35-28(37)25(34-29(27)38)8-5-6-14-31/h3-4,10-13,15-16,25-27,33H,5-9,14,17,31H2,1-2H3,(H,32,36)(H,34,38)(H,35,37)/b4-3-/t25-,26+,27?/m1/s1. The molecule has 1 aliphatic rings. The molecule has 0 saturated carbocycles. The second-order valence-corrected chi connectivity index (χ2v) is 10.2. The molecule has 3 aromatic rings. The van der Waals surface area contributed by atoms with Crippen LogP contribution >= 0.6 is 0 Å². The van der Waals surface area contributed by atoms with E-state index in [1.54, 1.807) is 0 Å². The van der Waals surface area contributed by atoms with Crippen molar-refractivity contribution in [2.45, 2.75) is 63.6 Å². The highest BCUT2D eigenvalue weighted by Gasteiger charge is 2.29. The number of amides is 3. The molecule has 0 fully saturated rings. The summed E-state index contributed by atoms with van der Waals surface area (Å²) >= 11 is 0. The molecule has 1 unspecified atom stereocenters. The van der Waals surface area contributed by atoms with E-state index in [0.717, 1.165) is 32.9 Å². The molecule has 10 heteroatoms. The van der Waals surface area contributed by atoms with Crippen LogP contribution < -0.4 is 21.7 Å². The van der Waals surface area contributed by atoms with E-state index < -0.39 is 35.9 Å². The number of hydrogen-bond donors (Lipinski definition) is 5. The molecular formula is C30H37N5O5. The summed E-state index contributed by atoms with van der Waals surface area (Å²) in [6, 6.07) is 9.39. The van der Waals surface area contributed by atoms with Gasteiger partial charge in [-0.3, -0.25) is 14.4 Å². The lowest BCUT2D eigenvalue weighted by Gasteiger charge is -2.24. The maximum absolute atomic E-state index is 13.5. The van der Waals surface area contributed by atoms with Gasteiger partial charge in [0, 0.05) is 35.2 Å². The van der Waals surface area contributed by atoms with Gasteiger partial charge in [0.2, 0.25) is 17.7 Å². The van der Waals surface area contributed by atoms with Gasteiger partial charge in [0.15, 0.2) is 0 Å². The molecule has 2 aromatic carbocycles. The van der Waals surface area contributed by atoms with Crippen LogP contribution in [-0.2, 0) is 36.8 Å². The summed E-state index contributed by atoms with van der Waals surface area (Å²) in [6.07, 6.45) is 6.51. The third kappa shape index (κ3) is 7.06. The summed E-state index contributed by atoms with van der Waals surface area (Å²) in [6.45, 7) is 1.80. The van der Waals surface area contributed by atoms with Crippen molar-refractivity contribution in [2.75, 3.05) is 13.7 Å². The van der Waals surface area contributed by atoms with E-state index in [1.807, 2.05) is 42.5 Å². The molecule has 3 atom stereocenters. The Kier molecular flexibility index (Phi) is 9.55. The van der Waals surface area contributed by atoms with E-state index in [1.165, 1.54) is 14.0 Å². The number of nitrogens with two attached hydrogens (primary N) is 1. The number of allylic oxidation sites excluding steroid dienone is 1. The lowest BCUT2D eigenvalue weighted by atomic mass is 10.00. The molecule has 4 rings (SSSR count). The Labute approximate surface area is 233 Å². The summed E-state index contributed by atoms with van der Waals surface area (Å²) in [4.78, 5) is 54.8. The van der Waals surface area contributed by atoms with Gasteiger partial charge in [-0.2, -0.15) is 0 Å². The maximum Gasteiger partial charge on any atom is 0.328 e. The fourth-order valence-electron chi connectivity index (χ4n) is 5.05. The number of benzene rings is 2. The Hall–Kier alpha value is -4.18. The van der Waals surface area contributed by atoms with Crippen molar-refractivity contribution >= 4 is 45.5 Å². The minimum Gasteiger partial charge on any atom is -0.467 e. The number of methoxy groups -OCH3 is 1. The number of carbonyl (C=O) groups is 4. The monoisotopic (exact) mass is 547 g/mol. The minimum absolute atomic E-state index is 0.231. The molecule has 0 radical (unpaired) electrons. The molecule has 212 valence electrons. The summed E-state index contributed by atoms with van der Waals surface area (Å²) in [7, 11) is 1.27. The summed E-state index contributed by atoms with van der Waals surface area (Å²) in [5.74, 6) is -1.92. The number of aromatic amines is 1. The van der Waals surface area contributed by atoms with Crippen LogP contribution in [0.25, 0.3) is 21.8 Å². The van der Waals surface area contributed by atoms with Crippen LogP contribution in [0.5, 0.6) is 0 Å². The number of unbranched alkanes of at least 4 members (excludes halogenated alkanes) is 1. The predicted octanol–water partition coefficient (Wildman–Crippen LogP) is 2.14. The zero-order valence-corrected chi connectivity index (χ0v) is 22.9. The third-order valence-corrected chi connectivity index (χ3v) is 7.14. The first-order chi connectivity index (χ1) is 19.3. The second-order valence-electron chi connectivity index (χ2n) is 10.2. The highest BCUT2D eigenvalue weighted by molar-refractivity contribution is 6.07. The Morgan fingerprint density at radius 1 is 0.975 bits per heavy atom. The average molecular weight is 548 g/mol. The molecular weight excluding hydrogens is 510 g/mol. The molecule has 40 heavy (non-hydrogen) atoms. The highest BCUT2D eigenvalue weighted by Crippen LogP contribution is 2.28. The smallest absolute Gasteiger partial charge is 0.328 e. The van der Waals surface area contributed by atoms with Crippen LogP contribution in [0.4, 0.5) is 0 Å². The first kappa shape index (κ1) is 28.8. The molecule has 2 heterocycles. The van der Waals surface area contributed by atoms with Crippen molar-refractivity contribution in [2.24, 2.45) is 5.73 Å². The number of esters is 1. The Bertz CT molecular complexity index is 1430. The van der Waals surface area contributed by atoms with Crippen LogP contribution in [-0.4, -0.2) is 60.5 Å². The topological polar surface area (TPSA) is 155 Å². The fraction of sp³-hybridized carbons (Fsp3) is 0.400.